The summed E-state index contributed by atoms with van der Waals surface area (Å²) >= 11 is 0. The molecule has 2 aliphatic heterocycles. The first-order chi connectivity index (χ1) is 16.4. The number of amides is 1. The van der Waals surface area contributed by atoms with Crippen molar-refractivity contribution in [3.05, 3.63) is 42.2 Å². The van der Waals surface area contributed by atoms with Gasteiger partial charge in [0.25, 0.3) is 5.91 Å². The van der Waals surface area contributed by atoms with Crippen LogP contribution in [0.15, 0.2) is 41.6 Å². The summed E-state index contributed by atoms with van der Waals surface area (Å²) in [7, 11) is -3.65. The molecular weight excluding hydrogens is 452 g/mol. The summed E-state index contributed by atoms with van der Waals surface area (Å²) in [5.41, 5.74) is 1.24. The fourth-order valence-corrected chi connectivity index (χ4v) is 6.23. The van der Waals surface area contributed by atoms with Gasteiger partial charge in [0.1, 0.15) is 0 Å². The minimum absolute atomic E-state index is 0.0157. The third kappa shape index (κ3) is 5.17. The first kappa shape index (κ1) is 24.4. The number of carbonyl (C=O) groups is 1. The molecule has 0 aliphatic carbocycles. The molecule has 2 aliphatic rings. The van der Waals surface area contributed by atoms with Crippen molar-refractivity contribution in [3.63, 3.8) is 0 Å². The van der Waals surface area contributed by atoms with Gasteiger partial charge >= 0.3 is 0 Å². The van der Waals surface area contributed by atoms with Crippen molar-refractivity contribution in [2.45, 2.75) is 50.5 Å². The molecule has 0 spiro atoms. The Morgan fingerprint density at radius 2 is 1.68 bits per heavy atom. The van der Waals surface area contributed by atoms with E-state index in [1.807, 2.05) is 13.8 Å². The van der Waals surface area contributed by atoms with E-state index in [1.54, 1.807) is 36.7 Å². The summed E-state index contributed by atoms with van der Waals surface area (Å²) in [5.74, 6) is 0.491. The van der Waals surface area contributed by atoms with Gasteiger partial charge in [-0.05, 0) is 49.9 Å². The van der Waals surface area contributed by atoms with E-state index in [-0.39, 0.29) is 16.8 Å². The lowest BCUT2D eigenvalue weighted by Gasteiger charge is -2.32. The van der Waals surface area contributed by atoms with Crippen LogP contribution in [0.4, 0.5) is 11.6 Å². The molecule has 10 heteroatoms. The van der Waals surface area contributed by atoms with E-state index in [0.717, 1.165) is 57.5 Å². The average molecular weight is 487 g/mol. The van der Waals surface area contributed by atoms with Crippen LogP contribution in [0.5, 0.6) is 0 Å². The van der Waals surface area contributed by atoms with Crippen molar-refractivity contribution in [2.75, 3.05) is 49.1 Å². The van der Waals surface area contributed by atoms with E-state index >= 15 is 0 Å². The minimum atomic E-state index is -3.65. The quantitative estimate of drug-likeness (QED) is 0.612. The number of nitrogens with zero attached hydrogens (tertiary/aromatic N) is 5. The van der Waals surface area contributed by atoms with E-state index in [0.29, 0.717) is 24.6 Å². The van der Waals surface area contributed by atoms with Crippen molar-refractivity contribution >= 4 is 27.6 Å². The average Bonchev–Trinajstić information content (AvgIpc) is 3.40. The van der Waals surface area contributed by atoms with Gasteiger partial charge in [0.15, 0.2) is 0 Å². The summed E-state index contributed by atoms with van der Waals surface area (Å²) in [6, 6.07) is 6.80. The van der Waals surface area contributed by atoms with Crippen molar-refractivity contribution in [2.24, 2.45) is 0 Å². The molecule has 1 N–H and O–H groups in total. The maximum absolute atomic E-state index is 13.4. The summed E-state index contributed by atoms with van der Waals surface area (Å²) in [6.45, 7) is 7.67. The fraction of sp³-hybridized carbons (Fsp3) is 0.542. The fourth-order valence-electron chi connectivity index (χ4n) is 4.75. The molecule has 184 valence electrons. The second kappa shape index (κ2) is 10.7. The lowest BCUT2D eigenvalue weighted by atomic mass is 10.0. The summed E-state index contributed by atoms with van der Waals surface area (Å²) in [5, 5.41) is 3.17. The van der Waals surface area contributed by atoms with Gasteiger partial charge in [0.05, 0.1) is 10.5 Å². The highest BCUT2D eigenvalue weighted by Gasteiger charge is 2.28. The van der Waals surface area contributed by atoms with Gasteiger partial charge in [-0.3, -0.25) is 4.79 Å². The van der Waals surface area contributed by atoms with Crippen molar-refractivity contribution < 1.29 is 13.2 Å². The number of nitrogens with one attached hydrogen (secondary N) is 1. The van der Waals surface area contributed by atoms with Crippen LogP contribution in [0.1, 0.15) is 49.9 Å². The van der Waals surface area contributed by atoms with Crippen LogP contribution in [-0.4, -0.2) is 73.9 Å². The molecule has 2 saturated heterocycles. The van der Waals surface area contributed by atoms with Crippen LogP contribution in [-0.2, 0) is 10.0 Å². The normalized spacial score (nSPS) is 17.4. The highest BCUT2D eigenvalue weighted by molar-refractivity contribution is 7.89. The third-order valence-corrected chi connectivity index (χ3v) is 8.71. The van der Waals surface area contributed by atoms with Crippen LogP contribution in [0, 0.1) is 0 Å². The van der Waals surface area contributed by atoms with E-state index in [1.165, 1.54) is 4.31 Å². The Morgan fingerprint density at radius 1 is 1.03 bits per heavy atom. The third-order valence-electron chi connectivity index (χ3n) is 6.67. The Bertz CT molecular complexity index is 1080. The summed E-state index contributed by atoms with van der Waals surface area (Å²) in [6.07, 6.45) is 7.16. The predicted molar refractivity (Wildman–Crippen MR) is 133 cm³/mol. The number of carbonyl (C=O) groups excluding carboxylic acids is 1. The molecule has 1 aromatic heterocycles. The second-order valence-corrected chi connectivity index (χ2v) is 10.7. The molecular formula is C24H34N6O3S. The van der Waals surface area contributed by atoms with Crippen molar-refractivity contribution in [1.29, 1.82) is 0 Å². The standard InChI is InChI=1S/C24H34N6O3S/c1-3-30(4-2)34(32,33)20-8-9-22(28-14-5-6-15-28)21(18-20)23(31)27-19-10-16-29(17-11-19)24-25-12-7-13-26-24/h7-9,12-13,18-19H,3-6,10-11,14-17H2,1-2H3,(H,27,31). The Balaban J connectivity index is 1.53. The molecule has 0 radical (unpaired) electrons. The van der Waals surface area contributed by atoms with Crippen LogP contribution in [0.2, 0.25) is 0 Å². The van der Waals surface area contributed by atoms with Gasteiger partial charge in [0, 0.05) is 63.4 Å². The van der Waals surface area contributed by atoms with Crippen LogP contribution >= 0.6 is 0 Å². The molecule has 9 nitrogen and oxygen atoms in total. The van der Waals surface area contributed by atoms with Crippen molar-refractivity contribution in [1.82, 2.24) is 19.6 Å². The lowest BCUT2D eigenvalue weighted by Crippen LogP contribution is -2.45. The summed E-state index contributed by atoms with van der Waals surface area (Å²) < 4.78 is 27.7. The van der Waals surface area contributed by atoms with E-state index < -0.39 is 10.0 Å². The number of hydrogen-bond donors (Lipinski definition) is 1. The molecule has 34 heavy (non-hydrogen) atoms. The number of aromatic nitrogens is 2. The van der Waals surface area contributed by atoms with E-state index in [9.17, 15) is 13.2 Å². The van der Waals surface area contributed by atoms with Gasteiger partial charge in [0.2, 0.25) is 16.0 Å². The Hall–Kier alpha value is -2.72. The van der Waals surface area contributed by atoms with Crippen molar-refractivity contribution in [3.8, 4) is 0 Å². The molecule has 0 bridgehead atoms. The molecule has 1 aromatic carbocycles. The monoisotopic (exact) mass is 486 g/mol. The van der Waals surface area contributed by atoms with E-state index in [4.69, 9.17) is 0 Å². The SMILES string of the molecule is CCN(CC)S(=O)(=O)c1ccc(N2CCCC2)c(C(=O)NC2CCN(c3ncccn3)CC2)c1. The number of sulfonamides is 1. The molecule has 0 atom stereocenters. The van der Waals surface area contributed by atoms with E-state index in [2.05, 4.69) is 25.1 Å². The van der Waals surface area contributed by atoms with Gasteiger partial charge in [-0.1, -0.05) is 13.8 Å². The number of hydrogen-bond acceptors (Lipinski definition) is 7. The smallest absolute Gasteiger partial charge is 0.253 e. The Kier molecular flexibility index (Phi) is 7.67. The first-order valence-electron chi connectivity index (χ1n) is 12.2. The van der Waals surface area contributed by atoms with Gasteiger partial charge < -0.3 is 15.1 Å². The zero-order valence-corrected chi connectivity index (χ0v) is 20.8. The number of rotatable bonds is 8. The van der Waals surface area contributed by atoms with Crippen LogP contribution in [0.3, 0.4) is 0 Å². The zero-order valence-electron chi connectivity index (χ0n) is 20.0. The number of benzene rings is 1. The molecule has 2 aromatic rings. The molecule has 0 unspecified atom stereocenters. The highest BCUT2D eigenvalue weighted by Crippen LogP contribution is 2.29. The minimum Gasteiger partial charge on any atom is -0.371 e. The maximum Gasteiger partial charge on any atom is 0.253 e. The number of anilines is 2. The molecule has 0 saturated carbocycles. The lowest BCUT2D eigenvalue weighted by molar-refractivity contribution is 0.0931. The van der Waals surface area contributed by atoms with Gasteiger partial charge in [-0.2, -0.15) is 4.31 Å². The maximum atomic E-state index is 13.4. The Morgan fingerprint density at radius 3 is 2.29 bits per heavy atom. The zero-order chi connectivity index (χ0) is 24.1. The summed E-state index contributed by atoms with van der Waals surface area (Å²) in [4.78, 5) is 26.5. The largest absolute Gasteiger partial charge is 0.371 e. The number of piperidine rings is 1. The molecule has 4 rings (SSSR count). The first-order valence-corrected chi connectivity index (χ1v) is 13.6. The van der Waals surface area contributed by atoms with Gasteiger partial charge in [-0.15, -0.1) is 0 Å². The van der Waals surface area contributed by atoms with Crippen LogP contribution in [0.25, 0.3) is 0 Å². The highest BCUT2D eigenvalue weighted by atomic mass is 32.2. The molecule has 1 amide bonds. The predicted octanol–water partition coefficient (Wildman–Crippen LogP) is 2.51. The topological polar surface area (TPSA) is 98.7 Å². The molecule has 3 heterocycles. The van der Waals surface area contributed by atoms with Crippen LogP contribution < -0.4 is 15.1 Å². The van der Waals surface area contributed by atoms with Gasteiger partial charge in [-0.25, -0.2) is 18.4 Å². The molecule has 2 fully saturated rings. The second-order valence-electron chi connectivity index (χ2n) is 8.75. The Labute approximate surface area is 202 Å².